The third-order valence-electron chi connectivity index (χ3n) is 5.19. The minimum atomic E-state index is -0.106. The second-order valence-corrected chi connectivity index (χ2v) is 6.79. The van der Waals surface area contributed by atoms with Crippen molar-refractivity contribution in [2.45, 2.75) is 19.9 Å². The average Bonchev–Trinajstić information content (AvgIpc) is 3.17. The Bertz CT molecular complexity index is 788. The van der Waals surface area contributed by atoms with Gasteiger partial charge in [-0.25, -0.2) is 4.79 Å². The molecule has 0 radical (unpaired) electrons. The van der Waals surface area contributed by atoms with Gasteiger partial charge in [0.05, 0.1) is 6.04 Å². The molecule has 28 heavy (non-hydrogen) atoms. The second kappa shape index (κ2) is 9.37. The third kappa shape index (κ3) is 4.51. The van der Waals surface area contributed by atoms with E-state index >= 15 is 0 Å². The van der Waals surface area contributed by atoms with Gasteiger partial charge in [-0.3, -0.25) is 14.6 Å². The molecule has 2 N–H and O–H groups in total. The maximum atomic E-state index is 12.7. The Morgan fingerprint density at radius 3 is 2.36 bits per heavy atom. The SMILES string of the molecule is CCN(CC)C(CNC(=O)c1ccc(N2CCNC2=O)cc1)c1ccccc1. The van der Waals surface area contributed by atoms with Crippen molar-refractivity contribution in [3.05, 3.63) is 65.7 Å². The second-order valence-electron chi connectivity index (χ2n) is 6.79. The van der Waals surface area contributed by atoms with Gasteiger partial charge >= 0.3 is 6.03 Å². The van der Waals surface area contributed by atoms with Gasteiger partial charge < -0.3 is 10.6 Å². The highest BCUT2D eigenvalue weighted by Gasteiger charge is 2.22. The van der Waals surface area contributed by atoms with Crippen molar-refractivity contribution in [3.8, 4) is 0 Å². The van der Waals surface area contributed by atoms with Gasteiger partial charge in [0.1, 0.15) is 0 Å². The summed E-state index contributed by atoms with van der Waals surface area (Å²) in [5.74, 6) is -0.106. The number of benzene rings is 2. The van der Waals surface area contributed by atoms with Gasteiger partial charge in [-0.1, -0.05) is 44.2 Å². The quantitative estimate of drug-likeness (QED) is 0.740. The first-order valence-electron chi connectivity index (χ1n) is 9.86. The Hall–Kier alpha value is -2.86. The van der Waals surface area contributed by atoms with E-state index in [1.165, 1.54) is 5.56 Å². The van der Waals surface area contributed by atoms with Crippen LogP contribution in [-0.4, -0.2) is 49.6 Å². The minimum Gasteiger partial charge on any atom is -0.350 e. The number of rotatable bonds is 8. The molecule has 1 atom stereocenters. The van der Waals surface area contributed by atoms with Crippen LogP contribution in [0.25, 0.3) is 0 Å². The van der Waals surface area contributed by atoms with Crippen LogP contribution in [0, 0.1) is 0 Å². The van der Waals surface area contributed by atoms with Crippen LogP contribution in [0.15, 0.2) is 54.6 Å². The predicted octanol–water partition coefficient (Wildman–Crippen LogP) is 3.03. The number of anilines is 1. The number of carbonyl (C=O) groups excluding carboxylic acids is 2. The molecule has 148 valence electrons. The summed E-state index contributed by atoms with van der Waals surface area (Å²) in [5.41, 5.74) is 2.59. The summed E-state index contributed by atoms with van der Waals surface area (Å²) < 4.78 is 0. The first-order chi connectivity index (χ1) is 13.6. The van der Waals surface area contributed by atoms with E-state index < -0.39 is 0 Å². The van der Waals surface area contributed by atoms with Crippen LogP contribution in [-0.2, 0) is 0 Å². The molecule has 1 aliphatic heterocycles. The fourth-order valence-electron chi connectivity index (χ4n) is 3.60. The molecule has 2 aromatic carbocycles. The van der Waals surface area contributed by atoms with Crippen molar-refractivity contribution in [1.82, 2.24) is 15.5 Å². The maximum absolute atomic E-state index is 12.7. The molecule has 1 heterocycles. The highest BCUT2D eigenvalue weighted by atomic mass is 16.2. The summed E-state index contributed by atoms with van der Waals surface area (Å²) in [4.78, 5) is 28.4. The molecule has 1 aliphatic rings. The van der Waals surface area contributed by atoms with Crippen LogP contribution in [0.5, 0.6) is 0 Å². The molecule has 3 amide bonds. The largest absolute Gasteiger partial charge is 0.350 e. The molecule has 0 bridgehead atoms. The summed E-state index contributed by atoms with van der Waals surface area (Å²) in [6.07, 6.45) is 0. The van der Waals surface area contributed by atoms with E-state index in [-0.39, 0.29) is 18.0 Å². The topological polar surface area (TPSA) is 64.7 Å². The molecule has 3 rings (SSSR count). The molecule has 6 nitrogen and oxygen atoms in total. The van der Waals surface area contributed by atoms with E-state index in [4.69, 9.17) is 0 Å². The first kappa shape index (κ1) is 19.9. The van der Waals surface area contributed by atoms with Gasteiger partial charge in [-0.05, 0) is 42.9 Å². The number of nitrogens with zero attached hydrogens (tertiary/aromatic N) is 2. The minimum absolute atomic E-state index is 0.0953. The smallest absolute Gasteiger partial charge is 0.321 e. The fraction of sp³-hybridized carbons (Fsp3) is 0.364. The van der Waals surface area contributed by atoms with Crippen LogP contribution in [0.2, 0.25) is 0 Å². The van der Waals surface area contributed by atoms with Gasteiger partial charge in [0.25, 0.3) is 5.91 Å². The molecule has 1 unspecified atom stereocenters. The van der Waals surface area contributed by atoms with Crippen LogP contribution < -0.4 is 15.5 Å². The fourth-order valence-corrected chi connectivity index (χ4v) is 3.60. The van der Waals surface area contributed by atoms with E-state index in [0.717, 1.165) is 18.8 Å². The number of likely N-dealkylation sites (N-methyl/N-ethyl adjacent to an activating group) is 1. The average molecular weight is 380 g/mol. The van der Waals surface area contributed by atoms with E-state index in [0.29, 0.717) is 25.2 Å². The molecule has 0 aliphatic carbocycles. The van der Waals surface area contributed by atoms with Gasteiger partial charge in [0.15, 0.2) is 0 Å². The Labute approximate surface area is 166 Å². The van der Waals surface area contributed by atoms with E-state index in [9.17, 15) is 9.59 Å². The van der Waals surface area contributed by atoms with Crippen molar-refractivity contribution in [2.24, 2.45) is 0 Å². The normalized spacial score (nSPS) is 14.8. The number of hydrogen-bond acceptors (Lipinski definition) is 3. The molecule has 2 aromatic rings. The van der Waals surface area contributed by atoms with Crippen molar-refractivity contribution in [1.29, 1.82) is 0 Å². The monoisotopic (exact) mass is 380 g/mol. The van der Waals surface area contributed by atoms with Gasteiger partial charge in [-0.15, -0.1) is 0 Å². The molecule has 1 saturated heterocycles. The lowest BCUT2D eigenvalue weighted by atomic mass is 10.0. The van der Waals surface area contributed by atoms with Crippen LogP contribution in [0.3, 0.4) is 0 Å². The number of amides is 3. The van der Waals surface area contributed by atoms with Gasteiger partial charge in [0, 0.05) is 30.9 Å². The molecule has 0 saturated carbocycles. The standard InChI is InChI=1S/C22H28N4O2/c1-3-25(4-2)20(17-8-6-5-7-9-17)16-24-21(27)18-10-12-19(13-11-18)26-15-14-23-22(26)28/h5-13,20H,3-4,14-16H2,1-2H3,(H,23,28)(H,24,27). The summed E-state index contributed by atoms with van der Waals surface area (Å²) in [5, 5.41) is 5.85. The maximum Gasteiger partial charge on any atom is 0.321 e. The third-order valence-corrected chi connectivity index (χ3v) is 5.19. The highest BCUT2D eigenvalue weighted by Crippen LogP contribution is 2.20. The van der Waals surface area contributed by atoms with E-state index in [1.54, 1.807) is 17.0 Å². The molecular weight excluding hydrogens is 352 g/mol. The van der Waals surface area contributed by atoms with Crippen molar-refractivity contribution < 1.29 is 9.59 Å². The van der Waals surface area contributed by atoms with E-state index in [2.05, 4.69) is 41.5 Å². The number of nitrogens with one attached hydrogen (secondary N) is 2. The molecule has 0 aromatic heterocycles. The van der Waals surface area contributed by atoms with Crippen molar-refractivity contribution in [3.63, 3.8) is 0 Å². The highest BCUT2D eigenvalue weighted by molar-refractivity contribution is 5.97. The molecule has 6 heteroatoms. The zero-order valence-electron chi connectivity index (χ0n) is 16.5. The Kier molecular flexibility index (Phi) is 6.66. The molecule has 1 fully saturated rings. The Balaban J connectivity index is 1.66. The van der Waals surface area contributed by atoms with Crippen molar-refractivity contribution >= 4 is 17.6 Å². The lowest BCUT2D eigenvalue weighted by Gasteiger charge is -2.30. The summed E-state index contributed by atoms with van der Waals surface area (Å²) in [6, 6.07) is 17.5. The summed E-state index contributed by atoms with van der Waals surface area (Å²) in [6.45, 7) is 7.93. The molecular formula is C22H28N4O2. The lowest BCUT2D eigenvalue weighted by Crippen LogP contribution is -2.38. The first-order valence-corrected chi connectivity index (χ1v) is 9.86. The van der Waals surface area contributed by atoms with Crippen molar-refractivity contribution in [2.75, 3.05) is 37.6 Å². The Morgan fingerprint density at radius 1 is 1.11 bits per heavy atom. The number of urea groups is 1. The molecule has 0 spiro atoms. The van der Waals surface area contributed by atoms with Crippen LogP contribution in [0.4, 0.5) is 10.5 Å². The number of hydrogen-bond donors (Lipinski definition) is 2. The van der Waals surface area contributed by atoms with Crippen LogP contribution in [0.1, 0.15) is 35.8 Å². The predicted molar refractivity (Wildman–Crippen MR) is 112 cm³/mol. The Morgan fingerprint density at radius 2 is 1.79 bits per heavy atom. The lowest BCUT2D eigenvalue weighted by molar-refractivity contribution is 0.0935. The summed E-state index contributed by atoms with van der Waals surface area (Å²) >= 11 is 0. The number of carbonyl (C=O) groups is 2. The van der Waals surface area contributed by atoms with Crippen LogP contribution >= 0.6 is 0 Å². The summed E-state index contributed by atoms with van der Waals surface area (Å²) in [7, 11) is 0. The van der Waals surface area contributed by atoms with E-state index in [1.807, 2.05) is 30.3 Å². The zero-order chi connectivity index (χ0) is 19.9. The van der Waals surface area contributed by atoms with Gasteiger partial charge in [0.2, 0.25) is 0 Å². The zero-order valence-corrected chi connectivity index (χ0v) is 16.5. The van der Waals surface area contributed by atoms with Gasteiger partial charge in [-0.2, -0.15) is 0 Å².